The number of thiocarbonyl (C=S) groups is 1. The Morgan fingerprint density at radius 2 is 1.68 bits per heavy atom. The van der Waals surface area contributed by atoms with E-state index >= 15 is 0 Å². The third kappa shape index (κ3) is 4.24. The van der Waals surface area contributed by atoms with Crippen LogP contribution in [-0.2, 0) is 0 Å². The molecule has 2 rings (SSSR count). The second-order valence-electron chi connectivity index (χ2n) is 5.36. The molecule has 2 nitrogen and oxygen atoms in total. The van der Waals surface area contributed by atoms with Crippen molar-refractivity contribution in [2.45, 2.75) is 26.8 Å². The fraction of sp³-hybridized carbons (Fsp3) is 0.235. The summed E-state index contributed by atoms with van der Waals surface area (Å²) in [6.07, 6.45) is 0. The Balaban J connectivity index is 2.05. The van der Waals surface area contributed by atoms with Gasteiger partial charge in [0.2, 0.25) is 0 Å². The van der Waals surface area contributed by atoms with Crippen LogP contribution in [0.25, 0.3) is 0 Å². The summed E-state index contributed by atoms with van der Waals surface area (Å²) in [6, 6.07) is 9.17. The molecular formula is C17H18F2N2S. The molecule has 0 aromatic heterocycles. The normalized spacial score (nSPS) is 11.9. The van der Waals surface area contributed by atoms with Gasteiger partial charge in [-0.05, 0) is 62.3 Å². The lowest BCUT2D eigenvalue weighted by Crippen LogP contribution is -2.31. The molecule has 0 saturated carbocycles. The van der Waals surface area contributed by atoms with E-state index in [1.807, 2.05) is 26.0 Å². The lowest BCUT2D eigenvalue weighted by atomic mass is 10.1. The first-order chi connectivity index (χ1) is 10.3. The molecule has 2 aromatic carbocycles. The van der Waals surface area contributed by atoms with Crippen LogP contribution in [0.4, 0.5) is 14.5 Å². The Hall–Kier alpha value is -2.01. The first-order valence-corrected chi connectivity index (χ1v) is 7.37. The van der Waals surface area contributed by atoms with Crippen LogP contribution >= 0.6 is 12.2 Å². The van der Waals surface area contributed by atoms with Gasteiger partial charge in [0.25, 0.3) is 0 Å². The van der Waals surface area contributed by atoms with Gasteiger partial charge in [-0.2, -0.15) is 0 Å². The number of rotatable bonds is 3. The number of anilines is 1. The standard InChI is InChI=1S/C17H18F2N2S/c1-10-6-11(2)8-14(7-10)21-17(22)20-12(3)15-5-4-13(18)9-16(15)19/h4-9,12H,1-3H3,(H2,20,21,22)/t12-/m1/s1. The summed E-state index contributed by atoms with van der Waals surface area (Å²) in [5, 5.41) is 6.47. The molecule has 0 aliphatic heterocycles. The maximum absolute atomic E-state index is 13.7. The highest BCUT2D eigenvalue weighted by molar-refractivity contribution is 7.80. The van der Waals surface area contributed by atoms with Crippen LogP contribution in [-0.4, -0.2) is 5.11 Å². The quantitative estimate of drug-likeness (QED) is 0.806. The third-order valence-corrected chi connectivity index (χ3v) is 3.48. The molecule has 0 radical (unpaired) electrons. The van der Waals surface area contributed by atoms with Crippen molar-refractivity contribution in [3.05, 3.63) is 64.7 Å². The van der Waals surface area contributed by atoms with Gasteiger partial charge in [-0.15, -0.1) is 0 Å². The molecule has 2 aromatic rings. The first-order valence-electron chi connectivity index (χ1n) is 6.96. The van der Waals surface area contributed by atoms with E-state index in [0.29, 0.717) is 10.7 Å². The van der Waals surface area contributed by atoms with E-state index < -0.39 is 11.6 Å². The minimum Gasteiger partial charge on any atom is -0.356 e. The van der Waals surface area contributed by atoms with Gasteiger partial charge in [0.1, 0.15) is 11.6 Å². The predicted molar refractivity (Wildman–Crippen MR) is 90.0 cm³/mol. The molecule has 0 aliphatic carbocycles. The summed E-state index contributed by atoms with van der Waals surface area (Å²) < 4.78 is 26.7. The summed E-state index contributed by atoms with van der Waals surface area (Å²) in [6.45, 7) is 5.78. The number of aryl methyl sites for hydroxylation is 2. The van der Waals surface area contributed by atoms with E-state index in [1.165, 1.54) is 12.1 Å². The average Bonchev–Trinajstić information content (AvgIpc) is 2.36. The average molecular weight is 320 g/mol. The van der Waals surface area contributed by atoms with Crippen molar-refractivity contribution in [3.63, 3.8) is 0 Å². The fourth-order valence-corrected chi connectivity index (χ4v) is 2.64. The molecule has 1 atom stereocenters. The Morgan fingerprint density at radius 1 is 1.05 bits per heavy atom. The van der Waals surface area contributed by atoms with Crippen molar-refractivity contribution >= 4 is 23.0 Å². The van der Waals surface area contributed by atoms with Gasteiger partial charge >= 0.3 is 0 Å². The van der Waals surface area contributed by atoms with Crippen molar-refractivity contribution < 1.29 is 8.78 Å². The van der Waals surface area contributed by atoms with Crippen LogP contribution in [0.15, 0.2) is 36.4 Å². The highest BCUT2D eigenvalue weighted by atomic mass is 32.1. The van der Waals surface area contributed by atoms with Gasteiger partial charge < -0.3 is 10.6 Å². The Labute approximate surface area is 134 Å². The topological polar surface area (TPSA) is 24.1 Å². The molecule has 22 heavy (non-hydrogen) atoms. The molecule has 0 spiro atoms. The summed E-state index contributed by atoms with van der Waals surface area (Å²) in [5.41, 5.74) is 3.50. The molecule has 0 aliphatic rings. The first kappa shape index (κ1) is 16.4. The van der Waals surface area contributed by atoms with Crippen molar-refractivity contribution in [1.29, 1.82) is 0 Å². The number of halogens is 2. The molecule has 0 heterocycles. The molecule has 116 valence electrons. The lowest BCUT2D eigenvalue weighted by Gasteiger charge is -2.18. The van der Waals surface area contributed by atoms with Crippen molar-refractivity contribution in [2.24, 2.45) is 0 Å². The van der Waals surface area contributed by atoms with E-state index in [0.717, 1.165) is 22.9 Å². The zero-order valence-electron chi connectivity index (χ0n) is 12.7. The van der Waals surface area contributed by atoms with E-state index in [9.17, 15) is 8.78 Å². The summed E-state index contributed by atoms with van der Waals surface area (Å²) in [5.74, 6) is -1.18. The Kier molecular flexibility index (Phi) is 5.08. The zero-order valence-corrected chi connectivity index (χ0v) is 13.5. The van der Waals surface area contributed by atoms with Crippen molar-refractivity contribution in [3.8, 4) is 0 Å². The third-order valence-electron chi connectivity index (χ3n) is 3.26. The molecule has 0 saturated heterocycles. The second-order valence-corrected chi connectivity index (χ2v) is 5.77. The Bertz CT molecular complexity index is 681. The highest BCUT2D eigenvalue weighted by Gasteiger charge is 2.12. The zero-order chi connectivity index (χ0) is 16.3. The molecule has 0 fully saturated rings. The van der Waals surface area contributed by atoms with Gasteiger partial charge in [-0.25, -0.2) is 8.78 Å². The van der Waals surface area contributed by atoms with Gasteiger partial charge in [0, 0.05) is 17.3 Å². The largest absolute Gasteiger partial charge is 0.356 e. The minimum absolute atomic E-state index is 0.367. The van der Waals surface area contributed by atoms with Crippen LogP contribution < -0.4 is 10.6 Å². The summed E-state index contributed by atoms with van der Waals surface area (Å²) in [4.78, 5) is 0. The summed E-state index contributed by atoms with van der Waals surface area (Å²) in [7, 11) is 0. The van der Waals surface area contributed by atoms with Gasteiger partial charge in [0.15, 0.2) is 5.11 Å². The second kappa shape index (κ2) is 6.83. The monoisotopic (exact) mass is 320 g/mol. The van der Waals surface area contributed by atoms with Crippen molar-refractivity contribution in [1.82, 2.24) is 5.32 Å². The van der Waals surface area contributed by atoms with Crippen LogP contribution in [0.3, 0.4) is 0 Å². The maximum atomic E-state index is 13.7. The van der Waals surface area contributed by atoms with Crippen LogP contribution in [0.5, 0.6) is 0 Å². The predicted octanol–water partition coefficient (Wildman–Crippen LogP) is 4.63. The minimum atomic E-state index is -0.593. The maximum Gasteiger partial charge on any atom is 0.171 e. The van der Waals surface area contributed by atoms with Crippen LogP contribution in [0, 0.1) is 25.5 Å². The lowest BCUT2D eigenvalue weighted by molar-refractivity contribution is 0.554. The van der Waals surface area contributed by atoms with E-state index in [1.54, 1.807) is 6.92 Å². The highest BCUT2D eigenvalue weighted by Crippen LogP contribution is 2.18. The van der Waals surface area contributed by atoms with Crippen LogP contribution in [0.1, 0.15) is 29.7 Å². The molecule has 0 unspecified atom stereocenters. The summed E-state index contributed by atoms with van der Waals surface area (Å²) >= 11 is 5.25. The number of benzene rings is 2. The molecular weight excluding hydrogens is 302 g/mol. The van der Waals surface area contributed by atoms with Crippen LogP contribution in [0.2, 0.25) is 0 Å². The molecule has 2 N–H and O–H groups in total. The fourth-order valence-electron chi connectivity index (χ4n) is 2.34. The van der Waals surface area contributed by atoms with Gasteiger partial charge in [-0.3, -0.25) is 0 Å². The molecule has 0 amide bonds. The van der Waals surface area contributed by atoms with E-state index in [4.69, 9.17) is 12.2 Å². The number of nitrogens with one attached hydrogen (secondary N) is 2. The van der Waals surface area contributed by atoms with Crippen molar-refractivity contribution in [2.75, 3.05) is 5.32 Å². The van der Waals surface area contributed by atoms with E-state index in [2.05, 4.69) is 16.7 Å². The van der Waals surface area contributed by atoms with Gasteiger partial charge in [0.05, 0.1) is 6.04 Å². The Morgan fingerprint density at radius 3 is 2.27 bits per heavy atom. The number of hydrogen-bond donors (Lipinski definition) is 2. The molecule has 0 bridgehead atoms. The molecule has 5 heteroatoms. The van der Waals surface area contributed by atoms with Gasteiger partial charge in [-0.1, -0.05) is 12.1 Å². The SMILES string of the molecule is Cc1cc(C)cc(NC(=S)N[C@H](C)c2ccc(F)cc2F)c1. The van der Waals surface area contributed by atoms with E-state index in [-0.39, 0.29) is 6.04 Å². The smallest absolute Gasteiger partial charge is 0.171 e. The number of hydrogen-bond acceptors (Lipinski definition) is 1.